The van der Waals surface area contributed by atoms with Crippen LogP contribution < -0.4 is 10.5 Å². The number of methoxy groups -OCH3 is 2. The molecule has 1 aromatic heterocycles. The molecular weight excluding hydrogens is 280 g/mol. The van der Waals surface area contributed by atoms with Crippen molar-refractivity contribution in [3.63, 3.8) is 0 Å². The highest BCUT2D eigenvalue weighted by Gasteiger charge is 2.15. The zero-order valence-electron chi connectivity index (χ0n) is 10.9. The van der Waals surface area contributed by atoms with E-state index in [9.17, 15) is 4.79 Å². The number of rotatable bonds is 4. The summed E-state index contributed by atoms with van der Waals surface area (Å²) < 4.78 is 11.1. The van der Waals surface area contributed by atoms with E-state index in [2.05, 4.69) is 14.8 Å². The number of hydrogen-bond acceptors (Lipinski definition) is 6. The first-order valence-corrected chi connectivity index (χ1v) is 5.96. The van der Waals surface area contributed by atoms with Gasteiger partial charge in [-0.15, -0.1) is 5.10 Å². The fourth-order valence-electron chi connectivity index (χ4n) is 1.60. The van der Waals surface area contributed by atoms with E-state index in [0.717, 1.165) is 0 Å². The van der Waals surface area contributed by atoms with Gasteiger partial charge in [0.1, 0.15) is 17.1 Å². The molecule has 1 aromatic carbocycles. The van der Waals surface area contributed by atoms with Crippen LogP contribution in [0.4, 0.5) is 0 Å². The van der Waals surface area contributed by atoms with Crippen LogP contribution >= 0.6 is 12.2 Å². The number of carbonyl (C=O) groups is 1. The fraction of sp³-hybridized carbons (Fsp3) is 0.167. The largest absolute Gasteiger partial charge is 0.497 e. The van der Waals surface area contributed by atoms with Gasteiger partial charge in [0.05, 0.1) is 19.9 Å². The van der Waals surface area contributed by atoms with E-state index in [1.165, 1.54) is 18.1 Å². The maximum Gasteiger partial charge on any atom is 0.377 e. The highest BCUT2D eigenvalue weighted by Crippen LogP contribution is 2.21. The van der Waals surface area contributed by atoms with E-state index < -0.39 is 5.97 Å². The third-order valence-electron chi connectivity index (χ3n) is 2.58. The van der Waals surface area contributed by atoms with Crippen molar-refractivity contribution in [2.75, 3.05) is 14.2 Å². The van der Waals surface area contributed by atoms with Gasteiger partial charge in [0.25, 0.3) is 5.82 Å². The molecule has 0 aliphatic rings. The number of ether oxygens (including phenoxy) is 2. The topological polar surface area (TPSA) is 92.3 Å². The van der Waals surface area contributed by atoms with Crippen LogP contribution in [0.3, 0.4) is 0 Å². The lowest BCUT2D eigenvalue weighted by atomic mass is 10.1. The van der Waals surface area contributed by atoms with Crippen molar-refractivity contribution in [1.29, 1.82) is 0 Å². The molecular formula is C12H12N4O3S. The van der Waals surface area contributed by atoms with Gasteiger partial charge in [-0.3, -0.25) is 0 Å². The fourth-order valence-corrected chi connectivity index (χ4v) is 1.77. The van der Waals surface area contributed by atoms with Crippen LogP contribution in [-0.2, 0) is 4.74 Å². The third kappa shape index (κ3) is 2.59. The van der Waals surface area contributed by atoms with Crippen molar-refractivity contribution in [2.24, 2.45) is 5.73 Å². The zero-order chi connectivity index (χ0) is 14.7. The van der Waals surface area contributed by atoms with Crippen molar-refractivity contribution in [3.8, 4) is 11.4 Å². The first-order valence-electron chi connectivity index (χ1n) is 5.55. The van der Waals surface area contributed by atoms with E-state index in [1.807, 2.05) is 0 Å². The molecule has 0 aliphatic heterocycles. The number of nitrogens with two attached hydrogens (primary N) is 1. The lowest BCUT2D eigenvalue weighted by Crippen LogP contribution is -2.14. The highest BCUT2D eigenvalue weighted by atomic mass is 32.1. The lowest BCUT2D eigenvalue weighted by molar-refractivity contribution is 0.0587. The van der Waals surface area contributed by atoms with E-state index in [0.29, 0.717) is 17.0 Å². The second-order valence-electron chi connectivity index (χ2n) is 3.75. The van der Waals surface area contributed by atoms with E-state index in [4.69, 9.17) is 22.7 Å². The maximum atomic E-state index is 11.4. The predicted molar refractivity (Wildman–Crippen MR) is 75.1 cm³/mol. The van der Waals surface area contributed by atoms with Crippen LogP contribution in [0.15, 0.2) is 24.5 Å². The van der Waals surface area contributed by atoms with Gasteiger partial charge in [-0.1, -0.05) is 12.2 Å². The number of aromatic nitrogens is 3. The number of nitrogens with zero attached hydrogens (tertiary/aromatic N) is 3. The smallest absolute Gasteiger partial charge is 0.377 e. The van der Waals surface area contributed by atoms with Crippen molar-refractivity contribution in [1.82, 2.24) is 14.8 Å². The van der Waals surface area contributed by atoms with Gasteiger partial charge in [-0.2, -0.15) is 0 Å². The van der Waals surface area contributed by atoms with Crippen LogP contribution in [0.25, 0.3) is 5.69 Å². The molecule has 0 radical (unpaired) electrons. The predicted octanol–water partition coefficient (Wildman–Crippen LogP) is 0.697. The summed E-state index contributed by atoms with van der Waals surface area (Å²) in [7, 11) is 2.80. The summed E-state index contributed by atoms with van der Waals surface area (Å²) in [5.74, 6) is -0.0668. The van der Waals surface area contributed by atoms with Crippen LogP contribution in [0, 0.1) is 0 Å². The summed E-state index contributed by atoms with van der Waals surface area (Å²) >= 11 is 4.99. The average molecular weight is 292 g/mol. The van der Waals surface area contributed by atoms with Gasteiger partial charge >= 0.3 is 5.97 Å². The van der Waals surface area contributed by atoms with Crippen LogP contribution in [-0.4, -0.2) is 39.9 Å². The van der Waals surface area contributed by atoms with E-state index >= 15 is 0 Å². The molecule has 0 unspecified atom stereocenters. The van der Waals surface area contributed by atoms with Crippen LogP contribution in [0.5, 0.6) is 5.75 Å². The van der Waals surface area contributed by atoms with Crippen molar-refractivity contribution in [3.05, 3.63) is 35.9 Å². The Labute approximate surface area is 120 Å². The molecule has 2 N–H and O–H groups in total. The second kappa shape index (κ2) is 5.66. The SMILES string of the molecule is COC(=O)c1ncn(-c2cc(OC)ccc2C(N)=S)n1. The summed E-state index contributed by atoms with van der Waals surface area (Å²) in [6.07, 6.45) is 1.38. The maximum absolute atomic E-state index is 11.4. The third-order valence-corrected chi connectivity index (χ3v) is 2.80. The second-order valence-corrected chi connectivity index (χ2v) is 4.19. The molecule has 0 amide bonds. The van der Waals surface area contributed by atoms with Gasteiger partial charge in [-0.25, -0.2) is 14.5 Å². The molecule has 2 aromatic rings. The minimum atomic E-state index is -0.622. The Morgan fingerprint density at radius 1 is 1.40 bits per heavy atom. The summed E-state index contributed by atoms with van der Waals surface area (Å²) in [5.41, 5.74) is 6.84. The minimum Gasteiger partial charge on any atom is -0.497 e. The molecule has 104 valence electrons. The first kappa shape index (κ1) is 13.9. The number of hydrogen-bond donors (Lipinski definition) is 1. The summed E-state index contributed by atoms with van der Waals surface area (Å²) in [5, 5.41) is 4.03. The Balaban J connectivity index is 2.52. The monoisotopic (exact) mass is 292 g/mol. The average Bonchev–Trinajstić information content (AvgIpc) is 2.95. The molecule has 2 rings (SSSR count). The highest BCUT2D eigenvalue weighted by molar-refractivity contribution is 7.80. The number of carbonyl (C=O) groups excluding carboxylic acids is 1. The van der Waals surface area contributed by atoms with E-state index in [-0.39, 0.29) is 10.8 Å². The molecule has 1 heterocycles. The number of thiocarbonyl (C=S) groups is 1. The standard InChI is InChI=1S/C12H12N4O3S/c1-18-7-3-4-8(10(13)20)9(5-7)16-6-14-11(15-16)12(17)19-2/h3-6H,1-2H3,(H2,13,20). The van der Waals surface area contributed by atoms with Gasteiger partial charge in [0, 0.05) is 11.6 Å². The van der Waals surface area contributed by atoms with Crippen LogP contribution in [0.2, 0.25) is 0 Å². The molecule has 0 saturated carbocycles. The molecule has 0 atom stereocenters. The van der Waals surface area contributed by atoms with Gasteiger partial charge in [-0.05, 0) is 12.1 Å². The molecule has 0 bridgehead atoms. The quantitative estimate of drug-likeness (QED) is 0.655. The Bertz CT molecular complexity index is 668. The Hall–Kier alpha value is -2.48. The molecule has 0 fully saturated rings. The normalized spacial score (nSPS) is 10.1. The summed E-state index contributed by atoms with van der Waals surface area (Å²) in [4.78, 5) is 15.4. The number of esters is 1. The Morgan fingerprint density at radius 2 is 2.15 bits per heavy atom. The minimum absolute atomic E-state index is 0.0517. The van der Waals surface area contributed by atoms with Gasteiger partial charge in [0.2, 0.25) is 0 Å². The Kier molecular flexibility index (Phi) is 3.94. The number of benzene rings is 1. The van der Waals surface area contributed by atoms with E-state index in [1.54, 1.807) is 25.3 Å². The molecule has 0 aliphatic carbocycles. The molecule has 20 heavy (non-hydrogen) atoms. The van der Waals surface area contributed by atoms with Crippen molar-refractivity contribution >= 4 is 23.2 Å². The van der Waals surface area contributed by atoms with Crippen LogP contribution in [0.1, 0.15) is 16.2 Å². The summed E-state index contributed by atoms with van der Waals surface area (Å²) in [6, 6.07) is 5.15. The van der Waals surface area contributed by atoms with Gasteiger partial charge < -0.3 is 15.2 Å². The van der Waals surface area contributed by atoms with Crippen molar-refractivity contribution < 1.29 is 14.3 Å². The lowest BCUT2D eigenvalue weighted by Gasteiger charge is -2.09. The summed E-state index contributed by atoms with van der Waals surface area (Å²) in [6.45, 7) is 0. The molecule has 0 saturated heterocycles. The zero-order valence-corrected chi connectivity index (χ0v) is 11.7. The molecule has 0 spiro atoms. The first-order chi connectivity index (χ1) is 9.56. The van der Waals surface area contributed by atoms with Gasteiger partial charge in [0.15, 0.2) is 0 Å². The van der Waals surface area contributed by atoms with Crippen molar-refractivity contribution in [2.45, 2.75) is 0 Å². The molecule has 7 nitrogen and oxygen atoms in total. The molecule has 8 heteroatoms. The Morgan fingerprint density at radius 3 is 2.75 bits per heavy atom.